The number of hydrogen-bond donors (Lipinski definition) is 0. The standard InChI is InChI=1S/C9H18N2.3C2H6/c1-3-7-11(8-4-2)9-5-6-10;3*1-2/h3-5,7-9H2,1-2H3;3*1-2H3. The minimum Gasteiger partial charge on any atom is -0.302 e. The van der Waals surface area contributed by atoms with Crippen molar-refractivity contribution in [2.24, 2.45) is 0 Å². The number of nitrogens with zero attached hydrogens (tertiary/aromatic N) is 2. The third-order valence-electron chi connectivity index (χ3n) is 1.62. The van der Waals surface area contributed by atoms with Crippen LogP contribution in [0.2, 0.25) is 0 Å². The van der Waals surface area contributed by atoms with Crippen molar-refractivity contribution in [3.63, 3.8) is 0 Å². The molecule has 0 radical (unpaired) electrons. The highest BCUT2D eigenvalue weighted by atomic mass is 15.1. The van der Waals surface area contributed by atoms with Gasteiger partial charge in [-0.1, -0.05) is 55.4 Å². The third-order valence-corrected chi connectivity index (χ3v) is 1.62. The molecule has 0 atom stereocenters. The molecule has 2 nitrogen and oxygen atoms in total. The van der Waals surface area contributed by atoms with Crippen LogP contribution in [0.5, 0.6) is 0 Å². The third kappa shape index (κ3) is 31.3. The largest absolute Gasteiger partial charge is 0.302 e. The second kappa shape index (κ2) is 36.1. The maximum absolute atomic E-state index is 8.37. The van der Waals surface area contributed by atoms with E-state index in [1.165, 1.54) is 12.8 Å². The number of hydrogen-bond acceptors (Lipinski definition) is 2. The minimum atomic E-state index is 0.667. The molecule has 2 heteroatoms. The first kappa shape index (κ1) is 25.3. The Hall–Kier alpha value is -0.550. The first-order valence-corrected chi connectivity index (χ1v) is 7.44. The van der Waals surface area contributed by atoms with E-state index in [0.29, 0.717) is 6.42 Å². The lowest BCUT2D eigenvalue weighted by Gasteiger charge is -2.18. The van der Waals surface area contributed by atoms with E-state index >= 15 is 0 Å². The highest BCUT2D eigenvalue weighted by molar-refractivity contribution is 4.71. The molecule has 0 amide bonds. The van der Waals surface area contributed by atoms with Crippen molar-refractivity contribution in [3.05, 3.63) is 0 Å². The Morgan fingerprint density at radius 3 is 1.35 bits per heavy atom. The van der Waals surface area contributed by atoms with E-state index in [1.54, 1.807) is 0 Å². The lowest BCUT2D eigenvalue weighted by atomic mass is 10.3. The Labute approximate surface area is 111 Å². The van der Waals surface area contributed by atoms with E-state index in [-0.39, 0.29) is 0 Å². The summed E-state index contributed by atoms with van der Waals surface area (Å²) in [4.78, 5) is 2.35. The molecular formula is C15H36N2. The fourth-order valence-corrected chi connectivity index (χ4v) is 1.18. The lowest BCUT2D eigenvalue weighted by Crippen LogP contribution is -2.26. The molecule has 0 aromatic heterocycles. The van der Waals surface area contributed by atoms with Crippen LogP contribution in [0.1, 0.15) is 74.7 Å². The van der Waals surface area contributed by atoms with Crippen molar-refractivity contribution < 1.29 is 0 Å². The van der Waals surface area contributed by atoms with Gasteiger partial charge < -0.3 is 4.90 Å². The van der Waals surface area contributed by atoms with E-state index in [2.05, 4.69) is 24.8 Å². The zero-order valence-electron chi connectivity index (χ0n) is 13.6. The van der Waals surface area contributed by atoms with E-state index in [0.717, 1.165) is 19.6 Å². The van der Waals surface area contributed by atoms with Gasteiger partial charge in [-0.3, -0.25) is 0 Å². The van der Waals surface area contributed by atoms with Crippen LogP contribution >= 0.6 is 0 Å². The molecule has 0 bridgehead atoms. The summed E-state index contributed by atoms with van der Waals surface area (Å²) in [6.07, 6.45) is 3.04. The Bertz CT molecular complexity index is 111. The highest BCUT2D eigenvalue weighted by Crippen LogP contribution is 1.94. The van der Waals surface area contributed by atoms with Crippen LogP contribution in [0.15, 0.2) is 0 Å². The molecule has 0 N–H and O–H groups in total. The van der Waals surface area contributed by atoms with Gasteiger partial charge in [0.25, 0.3) is 0 Å². The van der Waals surface area contributed by atoms with Crippen molar-refractivity contribution in [2.45, 2.75) is 74.7 Å². The molecule has 0 aromatic rings. The van der Waals surface area contributed by atoms with E-state index < -0.39 is 0 Å². The maximum atomic E-state index is 8.37. The molecule has 0 heterocycles. The lowest BCUT2D eigenvalue weighted by molar-refractivity contribution is 0.281. The Kier molecular flexibility index (Phi) is 53.8. The van der Waals surface area contributed by atoms with Crippen LogP contribution in [0.3, 0.4) is 0 Å². The van der Waals surface area contributed by atoms with Crippen molar-refractivity contribution in [1.29, 1.82) is 5.26 Å². The Morgan fingerprint density at radius 2 is 1.12 bits per heavy atom. The normalized spacial score (nSPS) is 7.53. The predicted octanol–water partition coefficient (Wildman–Crippen LogP) is 5.10. The van der Waals surface area contributed by atoms with Crippen LogP contribution in [0, 0.1) is 11.3 Å². The second-order valence-electron chi connectivity index (χ2n) is 2.75. The van der Waals surface area contributed by atoms with Gasteiger partial charge in [-0.05, 0) is 25.9 Å². The summed E-state index contributed by atoms with van der Waals surface area (Å²) in [5, 5.41) is 8.37. The van der Waals surface area contributed by atoms with Gasteiger partial charge >= 0.3 is 0 Å². The topological polar surface area (TPSA) is 27.0 Å². The van der Waals surface area contributed by atoms with Gasteiger partial charge in [0.1, 0.15) is 0 Å². The molecule has 0 aromatic carbocycles. The van der Waals surface area contributed by atoms with Crippen LogP contribution in [0.4, 0.5) is 0 Å². The van der Waals surface area contributed by atoms with Crippen LogP contribution < -0.4 is 0 Å². The van der Waals surface area contributed by atoms with Crippen molar-refractivity contribution in [2.75, 3.05) is 19.6 Å². The van der Waals surface area contributed by atoms with Crippen molar-refractivity contribution >= 4 is 0 Å². The summed E-state index contributed by atoms with van der Waals surface area (Å²) in [5.41, 5.74) is 0. The van der Waals surface area contributed by atoms with Gasteiger partial charge in [-0.25, -0.2) is 0 Å². The van der Waals surface area contributed by atoms with Crippen LogP contribution in [0.25, 0.3) is 0 Å². The Morgan fingerprint density at radius 1 is 0.765 bits per heavy atom. The first-order valence-electron chi connectivity index (χ1n) is 7.44. The van der Waals surface area contributed by atoms with E-state index in [9.17, 15) is 0 Å². The molecule has 106 valence electrons. The van der Waals surface area contributed by atoms with Gasteiger partial charge in [0, 0.05) is 13.0 Å². The summed E-state index contributed by atoms with van der Waals surface area (Å²) in [6.45, 7) is 19.6. The maximum Gasteiger partial charge on any atom is 0.0635 e. The van der Waals surface area contributed by atoms with Crippen LogP contribution in [-0.4, -0.2) is 24.5 Å². The smallest absolute Gasteiger partial charge is 0.0635 e. The fraction of sp³-hybridized carbons (Fsp3) is 0.933. The van der Waals surface area contributed by atoms with Gasteiger partial charge in [0.2, 0.25) is 0 Å². The fourth-order valence-electron chi connectivity index (χ4n) is 1.18. The van der Waals surface area contributed by atoms with Gasteiger partial charge in [-0.15, -0.1) is 0 Å². The highest BCUT2D eigenvalue weighted by Gasteiger charge is 1.99. The summed E-state index contributed by atoms with van der Waals surface area (Å²) >= 11 is 0. The molecule has 0 saturated heterocycles. The molecule has 0 aliphatic rings. The zero-order valence-corrected chi connectivity index (χ0v) is 13.6. The Balaban J connectivity index is -0.000000121. The average Bonchev–Trinajstić information content (AvgIpc) is 2.43. The number of rotatable bonds is 6. The predicted molar refractivity (Wildman–Crippen MR) is 81.3 cm³/mol. The molecule has 0 rings (SSSR count). The number of nitriles is 1. The summed E-state index contributed by atoms with van der Waals surface area (Å²) in [5.74, 6) is 0. The van der Waals surface area contributed by atoms with Crippen LogP contribution in [-0.2, 0) is 0 Å². The molecular weight excluding hydrogens is 208 g/mol. The van der Waals surface area contributed by atoms with E-state index in [1.807, 2.05) is 41.5 Å². The minimum absolute atomic E-state index is 0.667. The molecule has 0 saturated carbocycles. The molecule has 0 spiro atoms. The van der Waals surface area contributed by atoms with Gasteiger partial charge in [0.15, 0.2) is 0 Å². The first-order chi connectivity index (χ1) is 8.35. The molecule has 17 heavy (non-hydrogen) atoms. The monoisotopic (exact) mass is 244 g/mol. The molecule has 0 unspecified atom stereocenters. The van der Waals surface area contributed by atoms with E-state index in [4.69, 9.17) is 5.26 Å². The quantitative estimate of drug-likeness (QED) is 0.650. The summed E-state index contributed by atoms with van der Waals surface area (Å²) in [6, 6.07) is 2.17. The molecule has 0 aliphatic carbocycles. The average molecular weight is 244 g/mol. The van der Waals surface area contributed by atoms with Crippen molar-refractivity contribution in [1.82, 2.24) is 4.90 Å². The van der Waals surface area contributed by atoms with Crippen molar-refractivity contribution in [3.8, 4) is 6.07 Å². The van der Waals surface area contributed by atoms with Gasteiger partial charge in [-0.2, -0.15) is 5.26 Å². The molecule has 0 fully saturated rings. The SMILES string of the molecule is CC.CC.CC.CCCN(CCC)CCC#N. The zero-order chi connectivity index (χ0) is 14.5. The second-order valence-corrected chi connectivity index (χ2v) is 2.75. The summed E-state index contributed by atoms with van der Waals surface area (Å²) < 4.78 is 0. The summed E-state index contributed by atoms with van der Waals surface area (Å²) in [7, 11) is 0. The molecule has 0 aliphatic heterocycles. The van der Waals surface area contributed by atoms with Gasteiger partial charge in [0.05, 0.1) is 6.07 Å².